The first kappa shape index (κ1) is 28.1. The number of hydrogen-bond donors (Lipinski definition) is 0. The van der Waals surface area contributed by atoms with Crippen molar-refractivity contribution in [2.45, 2.75) is 112 Å². The van der Waals surface area contributed by atoms with Gasteiger partial charge in [0.05, 0.1) is 12.2 Å². The summed E-state index contributed by atoms with van der Waals surface area (Å²) in [5, 5.41) is 0. The second kappa shape index (κ2) is 13.1. The smallest absolute Gasteiger partial charge is 0.0634 e. The number of hydrogen-bond acceptors (Lipinski definition) is 1. The molecule has 0 bridgehead atoms. The van der Waals surface area contributed by atoms with Crippen molar-refractivity contribution in [2.75, 3.05) is 0 Å². The lowest BCUT2D eigenvalue weighted by molar-refractivity contribution is -0.108. The van der Waals surface area contributed by atoms with Crippen molar-refractivity contribution in [1.82, 2.24) is 0 Å². The lowest BCUT2D eigenvalue weighted by atomic mass is 9.65. The Morgan fingerprint density at radius 3 is 1.82 bits per heavy atom. The van der Waals surface area contributed by atoms with Crippen LogP contribution >= 0.6 is 15.9 Å². The van der Waals surface area contributed by atoms with Gasteiger partial charge in [-0.3, -0.25) is 0 Å². The summed E-state index contributed by atoms with van der Waals surface area (Å²) in [6, 6.07) is 17.5. The summed E-state index contributed by atoms with van der Waals surface area (Å²) in [5.74, 6) is 0. The molecule has 1 nitrogen and oxygen atoms in total. The molecule has 0 radical (unpaired) electrons. The molecule has 0 aliphatic rings. The minimum absolute atomic E-state index is 0.121. The molecule has 0 heterocycles. The van der Waals surface area contributed by atoms with Crippen molar-refractivity contribution in [2.24, 2.45) is 10.8 Å². The maximum atomic E-state index is 6.80. The fourth-order valence-corrected chi connectivity index (χ4v) is 4.59. The van der Waals surface area contributed by atoms with Gasteiger partial charge in [-0.05, 0) is 59.4 Å². The fraction of sp³-hybridized carbons (Fsp3) is 0.613. The lowest BCUT2D eigenvalue weighted by Crippen LogP contribution is -2.44. The van der Waals surface area contributed by atoms with Gasteiger partial charge in [0.25, 0.3) is 0 Å². The van der Waals surface area contributed by atoms with E-state index in [4.69, 9.17) is 4.74 Å². The van der Waals surface area contributed by atoms with Crippen LogP contribution in [0.5, 0.6) is 0 Å². The molecule has 0 N–H and O–H groups in total. The van der Waals surface area contributed by atoms with Gasteiger partial charge in [-0.2, -0.15) is 0 Å². The average Bonchev–Trinajstić information content (AvgIpc) is 2.75. The third kappa shape index (κ3) is 8.87. The molecule has 0 saturated heterocycles. The largest absolute Gasteiger partial charge is 0.374 e. The van der Waals surface area contributed by atoms with E-state index in [0.29, 0.717) is 0 Å². The maximum absolute atomic E-state index is 6.80. The summed E-state index contributed by atoms with van der Waals surface area (Å²) in [4.78, 5) is 0. The van der Waals surface area contributed by atoms with E-state index in [1.165, 1.54) is 55.2 Å². The summed E-state index contributed by atoms with van der Waals surface area (Å²) in [6.07, 6.45) is 10.6. The molecule has 33 heavy (non-hydrogen) atoms. The van der Waals surface area contributed by atoms with E-state index in [9.17, 15) is 0 Å². The van der Waals surface area contributed by atoms with Crippen LogP contribution < -0.4 is 0 Å². The predicted octanol–water partition coefficient (Wildman–Crippen LogP) is 10.3. The molecule has 0 fully saturated rings. The Morgan fingerprint density at radius 1 is 0.758 bits per heavy atom. The minimum Gasteiger partial charge on any atom is -0.374 e. The molecule has 0 saturated carbocycles. The van der Waals surface area contributed by atoms with Gasteiger partial charge >= 0.3 is 0 Å². The van der Waals surface area contributed by atoms with Crippen LogP contribution in [0.25, 0.3) is 11.1 Å². The Balaban J connectivity index is 1.99. The molecule has 0 amide bonds. The van der Waals surface area contributed by atoms with Gasteiger partial charge in [0.1, 0.15) is 0 Å². The molecule has 0 spiro atoms. The van der Waals surface area contributed by atoms with Gasteiger partial charge in [-0.1, -0.05) is 132 Å². The summed E-state index contributed by atoms with van der Waals surface area (Å²) >= 11 is 3.52. The fourth-order valence-electron chi connectivity index (χ4n) is 4.33. The Hall–Kier alpha value is -1.12. The van der Waals surface area contributed by atoms with Crippen LogP contribution in [0, 0.1) is 10.8 Å². The average molecular weight is 516 g/mol. The number of unbranched alkanes of at least 4 members (excludes halogenated alkanes) is 5. The van der Waals surface area contributed by atoms with Crippen molar-refractivity contribution in [1.29, 1.82) is 0 Å². The van der Waals surface area contributed by atoms with Crippen LogP contribution in [0.2, 0.25) is 0 Å². The highest BCUT2D eigenvalue weighted by Crippen LogP contribution is 2.44. The first-order valence-corrected chi connectivity index (χ1v) is 13.8. The highest BCUT2D eigenvalue weighted by Gasteiger charge is 2.41. The summed E-state index contributed by atoms with van der Waals surface area (Å²) < 4.78 is 7.91. The SMILES string of the molecule is CCCCCCCCC(OC(C)Cc1ccc(-c2ccc(Br)cc2)cc1)C(C)(C)C(C)(C)C. The quantitative estimate of drug-likeness (QED) is 0.241. The monoisotopic (exact) mass is 514 g/mol. The zero-order valence-corrected chi connectivity index (χ0v) is 23.8. The Morgan fingerprint density at radius 2 is 1.27 bits per heavy atom. The lowest BCUT2D eigenvalue weighted by Gasteiger charge is -2.46. The van der Waals surface area contributed by atoms with Crippen LogP contribution in [0.3, 0.4) is 0 Å². The third-order valence-electron chi connectivity index (χ3n) is 7.61. The minimum atomic E-state index is 0.121. The van der Waals surface area contributed by atoms with Crippen LogP contribution in [0.1, 0.15) is 99.0 Å². The van der Waals surface area contributed by atoms with Gasteiger partial charge < -0.3 is 4.74 Å². The highest BCUT2D eigenvalue weighted by molar-refractivity contribution is 9.10. The third-order valence-corrected chi connectivity index (χ3v) is 8.14. The van der Waals surface area contributed by atoms with Crippen LogP contribution in [0.4, 0.5) is 0 Å². The molecule has 2 unspecified atom stereocenters. The van der Waals surface area contributed by atoms with E-state index < -0.39 is 0 Å². The summed E-state index contributed by atoms with van der Waals surface area (Å²) in [6.45, 7) is 16.4. The molecule has 184 valence electrons. The highest BCUT2D eigenvalue weighted by atomic mass is 79.9. The van der Waals surface area contributed by atoms with Crippen molar-refractivity contribution in [3.8, 4) is 11.1 Å². The predicted molar refractivity (Wildman–Crippen MR) is 149 cm³/mol. The van der Waals surface area contributed by atoms with Gasteiger partial charge in [0.15, 0.2) is 0 Å². The van der Waals surface area contributed by atoms with Crippen LogP contribution in [0.15, 0.2) is 53.0 Å². The van der Waals surface area contributed by atoms with E-state index in [1.54, 1.807) is 0 Å². The molecule has 0 aliphatic carbocycles. The summed E-state index contributed by atoms with van der Waals surface area (Å²) in [5.41, 5.74) is 4.17. The van der Waals surface area contributed by atoms with Gasteiger partial charge in [-0.25, -0.2) is 0 Å². The second-order valence-corrected chi connectivity index (χ2v) is 12.3. The summed E-state index contributed by atoms with van der Waals surface area (Å²) in [7, 11) is 0. The Labute approximate surface area is 212 Å². The molecule has 0 aromatic heterocycles. The van der Waals surface area contributed by atoms with Crippen molar-refractivity contribution in [3.63, 3.8) is 0 Å². The van der Waals surface area contributed by atoms with E-state index >= 15 is 0 Å². The molecule has 2 heteroatoms. The van der Waals surface area contributed by atoms with Crippen molar-refractivity contribution in [3.05, 3.63) is 58.6 Å². The van der Waals surface area contributed by atoms with Crippen molar-refractivity contribution < 1.29 is 4.74 Å². The first-order chi connectivity index (χ1) is 15.5. The number of halogens is 1. The van der Waals surface area contributed by atoms with Gasteiger partial charge in [0.2, 0.25) is 0 Å². The molecule has 2 aromatic rings. The standard InChI is InChI=1S/C31H47BrO/c1-8-9-10-11-12-13-14-29(31(6,7)30(3,4)5)33-24(2)23-25-15-17-26(18-16-25)27-19-21-28(32)22-20-27/h15-22,24,29H,8-14,23H2,1-7H3. The van der Waals surface area contributed by atoms with Crippen LogP contribution in [-0.4, -0.2) is 12.2 Å². The van der Waals surface area contributed by atoms with Gasteiger partial charge in [-0.15, -0.1) is 0 Å². The van der Waals surface area contributed by atoms with Gasteiger partial charge in [0, 0.05) is 4.47 Å². The van der Waals surface area contributed by atoms with E-state index in [1.807, 2.05) is 0 Å². The maximum Gasteiger partial charge on any atom is 0.0634 e. The topological polar surface area (TPSA) is 9.23 Å². The molecular weight excluding hydrogens is 468 g/mol. The van der Waals surface area contributed by atoms with E-state index in [0.717, 1.165) is 17.3 Å². The normalized spacial score (nSPS) is 14.3. The van der Waals surface area contributed by atoms with Crippen molar-refractivity contribution >= 4 is 15.9 Å². The molecular formula is C31H47BrO. The zero-order valence-electron chi connectivity index (χ0n) is 22.2. The number of benzene rings is 2. The number of ether oxygens (including phenoxy) is 1. The molecule has 2 rings (SSSR count). The van der Waals surface area contributed by atoms with E-state index in [-0.39, 0.29) is 23.0 Å². The number of rotatable bonds is 13. The first-order valence-electron chi connectivity index (χ1n) is 13.0. The Bertz CT molecular complexity index is 798. The second-order valence-electron chi connectivity index (χ2n) is 11.4. The van der Waals surface area contributed by atoms with Crippen LogP contribution in [-0.2, 0) is 11.2 Å². The molecule has 0 aliphatic heterocycles. The van der Waals surface area contributed by atoms with E-state index in [2.05, 4.69) is 113 Å². The Kier molecular flexibility index (Phi) is 11.2. The molecule has 2 aromatic carbocycles. The molecule has 2 atom stereocenters. The zero-order chi connectivity index (χ0) is 24.5.